The Labute approximate surface area is 109 Å². The van der Waals surface area contributed by atoms with Crippen LogP contribution in [0.25, 0.3) is 0 Å². The van der Waals surface area contributed by atoms with Gasteiger partial charge in [-0.2, -0.15) is 0 Å². The summed E-state index contributed by atoms with van der Waals surface area (Å²) >= 11 is 0. The molecule has 0 amide bonds. The first-order valence-electron chi connectivity index (χ1n) is 5.69. The van der Waals surface area contributed by atoms with Crippen LogP contribution in [0.4, 0.5) is 0 Å². The van der Waals surface area contributed by atoms with Gasteiger partial charge in [0.2, 0.25) is 12.0 Å². The maximum atomic E-state index is 11.5. The average molecular weight is 272 g/mol. The number of H-pyrrole nitrogens is 1. The van der Waals surface area contributed by atoms with Gasteiger partial charge in [0.25, 0.3) is 5.56 Å². The average Bonchev–Trinajstić information content (AvgIpc) is 2.40. The molecule has 0 spiro atoms. The first kappa shape index (κ1) is 15.1. The van der Waals surface area contributed by atoms with Gasteiger partial charge in [-0.1, -0.05) is 0 Å². The number of hydrogen-bond donors (Lipinski definition) is 2. The minimum absolute atomic E-state index is 0.00750. The van der Waals surface area contributed by atoms with Crippen LogP contribution < -0.4 is 5.56 Å². The second kappa shape index (κ2) is 6.86. The van der Waals surface area contributed by atoms with Gasteiger partial charge < -0.3 is 24.3 Å². The van der Waals surface area contributed by atoms with Crippen LogP contribution in [-0.4, -0.2) is 41.4 Å². The monoisotopic (exact) mass is 272 g/mol. The first-order valence-corrected chi connectivity index (χ1v) is 5.69. The van der Waals surface area contributed by atoms with E-state index in [0.717, 1.165) is 7.11 Å². The highest BCUT2D eigenvalue weighted by molar-refractivity contribution is 5.89. The molecule has 106 valence electrons. The summed E-state index contributed by atoms with van der Waals surface area (Å²) in [4.78, 5) is 29.0. The molecule has 2 N–H and O–H groups in total. The van der Waals surface area contributed by atoms with Gasteiger partial charge in [0, 0.05) is 13.2 Å². The van der Waals surface area contributed by atoms with Crippen molar-refractivity contribution in [1.29, 1.82) is 0 Å². The minimum Gasteiger partial charge on any atom is -0.501 e. The first-order chi connectivity index (χ1) is 9.04. The number of aromatic hydroxyl groups is 1. The highest BCUT2D eigenvalue weighted by Crippen LogP contribution is 2.17. The molecule has 0 aromatic carbocycles. The van der Waals surface area contributed by atoms with Crippen molar-refractivity contribution < 1.29 is 24.1 Å². The molecule has 0 aliphatic carbocycles. The standard InChI is InChI=1S/C11H16N2O6/c1-4-18-11(19-5-2)8-12-6(10(16)17-3)7(14)9(15)13-8/h11,14H,4-5H2,1-3H3,(H,12,13,15). The third kappa shape index (κ3) is 3.52. The number of hydrogen-bond acceptors (Lipinski definition) is 7. The van der Waals surface area contributed by atoms with Crippen LogP contribution in [0.3, 0.4) is 0 Å². The third-order valence-electron chi connectivity index (χ3n) is 2.15. The van der Waals surface area contributed by atoms with Crippen molar-refractivity contribution in [2.24, 2.45) is 0 Å². The zero-order chi connectivity index (χ0) is 14.4. The van der Waals surface area contributed by atoms with Gasteiger partial charge in [-0.15, -0.1) is 0 Å². The number of carbonyl (C=O) groups excluding carboxylic acids is 1. The number of nitrogens with zero attached hydrogens (tertiary/aromatic N) is 1. The largest absolute Gasteiger partial charge is 0.501 e. The van der Waals surface area contributed by atoms with Gasteiger partial charge in [0.05, 0.1) is 7.11 Å². The van der Waals surface area contributed by atoms with Crippen molar-refractivity contribution in [3.05, 3.63) is 21.9 Å². The van der Waals surface area contributed by atoms with Gasteiger partial charge in [-0.05, 0) is 13.8 Å². The summed E-state index contributed by atoms with van der Waals surface area (Å²) in [6, 6.07) is 0. The lowest BCUT2D eigenvalue weighted by Gasteiger charge is -2.16. The van der Waals surface area contributed by atoms with Gasteiger partial charge >= 0.3 is 5.97 Å². The number of aromatic amines is 1. The Balaban J connectivity index is 3.24. The molecule has 0 radical (unpaired) electrons. The van der Waals surface area contributed by atoms with E-state index in [9.17, 15) is 14.7 Å². The number of aromatic nitrogens is 2. The summed E-state index contributed by atoms with van der Waals surface area (Å²) in [5.41, 5.74) is -1.35. The SMILES string of the molecule is CCOC(OCC)c1nc(C(=O)OC)c(O)c(=O)[nH]1. The summed E-state index contributed by atoms with van der Waals surface area (Å²) in [6.07, 6.45) is -0.924. The molecule has 1 rings (SSSR count). The number of ether oxygens (including phenoxy) is 3. The fraction of sp³-hybridized carbons (Fsp3) is 0.545. The predicted molar refractivity (Wildman–Crippen MR) is 63.9 cm³/mol. The van der Waals surface area contributed by atoms with Crippen LogP contribution in [0, 0.1) is 0 Å². The number of methoxy groups -OCH3 is 1. The van der Waals surface area contributed by atoms with E-state index in [-0.39, 0.29) is 5.82 Å². The Morgan fingerprint density at radius 2 is 1.95 bits per heavy atom. The normalized spacial score (nSPS) is 10.7. The fourth-order valence-electron chi connectivity index (χ4n) is 1.34. The van der Waals surface area contributed by atoms with Crippen molar-refractivity contribution in [3.8, 4) is 5.75 Å². The lowest BCUT2D eigenvalue weighted by Crippen LogP contribution is -2.22. The Morgan fingerprint density at radius 3 is 2.42 bits per heavy atom. The van der Waals surface area contributed by atoms with E-state index >= 15 is 0 Å². The number of rotatable bonds is 6. The molecule has 0 unspecified atom stereocenters. The van der Waals surface area contributed by atoms with Crippen LogP contribution in [0.15, 0.2) is 4.79 Å². The highest BCUT2D eigenvalue weighted by Gasteiger charge is 2.22. The van der Waals surface area contributed by atoms with E-state index in [1.54, 1.807) is 13.8 Å². The fourth-order valence-corrected chi connectivity index (χ4v) is 1.34. The van der Waals surface area contributed by atoms with E-state index in [0.29, 0.717) is 13.2 Å². The van der Waals surface area contributed by atoms with E-state index < -0.39 is 29.3 Å². The smallest absolute Gasteiger partial charge is 0.360 e. The van der Waals surface area contributed by atoms with E-state index in [1.807, 2.05) is 0 Å². The van der Waals surface area contributed by atoms with Gasteiger partial charge in [0.15, 0.2) is 11.5 Å². The molecule has 0 saturated carbocycles. The molecule has 0 aliphatic rings. The van der Waals surface area contributed by atoms with Gasteiger partial charge in [0.1, 0.15) is 0 Å². The van der Waals surface area contributed by atoms with Crippen LogP contribution in [-0.2, 0) is 14.2 Å². The van der Waals surface area contributed by atoms with Crippen molar-refractivity contribution in [3.63, 3.8) is 0 Å². The summed E-state index contributed by atoms with van der Waals surface area (Å²) in [5.74, 6) is -1.73. The lowest BCUT2D eigenvalue weighted by atomic mass is 10.3. The molecule has 0 fully saturated rings. The number of esters is 1. The zero-order valence-electron chi connectivity index (χ0n) is 10.9. The quantitative estimate of drug-likeness (QED) is 0.567. The van der Waals surface area contributed by atoms with E-state index in [4.69, 9.17) is 9.47 Å². The third-order valence-corrected chi connectivity index (χ3v) is 2.15. The molecule has 8 nitrogen and oxygen atoms in total. The Morgan fingerprint density at radius 1 is 1.37 bits per heavy atom. The number of carbonyl (C=O) groups is 1. The highest BCUT2D eigenvalue weighted by atomic mass is 16.7. The molecule has 0 saturated heterocycles. The molecule has 1 aromatic rings. The second-order valence-corrected chi connectivity index (χ2v) is 3.38. The van der Waals surface area contributed by atoms with Crippen LogP contribution in [0.5, 0.6) is 5.75 Å². The molecule has 0 aliphatic heterocycles. The molecule has 0 bridgehead atoms. The molecular formula is C11H16N2O6. The topological polar surface area (TPSA) is 111 Å². The minimum atomic E-state index is -0.924. The maximum Gasteiger partial charge on any atom is 0.360 e. The summed E-state index contributed by atoms with van der Waals surface area (Å²) in [6.45, 7) is 4.13. The van der Waals surface area contributed by atoms with Crippen LogP contribution >= 0.6 is 0 Å². The maximum absolute atomic E-state index is 11.5. The van der Waals surface area contributed by atoms with Crippen molar-refractivity contribution in [2.45, 2.75) is 20.1 Å². The molecule has 1 aromatic heterocycles. The lowest BCUT2D eigenvalue weighted by molar-refractivity contribution is -0.145. The molecule has 1 heterocycles. The molecule has 19 heavy (non-hydrogen) atoms. The Hall–Kier alpha value is -1.93. The summed E-state index contributed by atoms with van der Waals surface area (Å²) < 4.78 is 14.9. The predicted octanol–water partition coefficient (Wildman–Crippen LogP) is 0.334. The van der Waals surface area contributed by atoms with Crippen LogP contribution in [0.2, 0.25) is 0 Å². The Bertz CT molecular complexity index is 492. The van der Waals surface area contributed by atoms with E-state index in [2.05, 4.69) is 14.7 Å². The van der Waals surface area contributed by atoms with Crippen molar-refractivity contribution in [1.82, 2.24) is 9.97 Å². The van der Waals surface area contributed by atoms with Crippen molar-refractivity contribution in [2.75, 3.05) is 20.3 Å². The zero-order valence-corrected chi connectivity index (χ0v) is 10.9. The van der Waals surface area contributed by atoms with Gasteiger partial charge in [-0.25, -0.2) is 9.78 Å². The molecule has 8 heteroatoms. The summed E-state index contributed by atoms with van der Waals surface area (Å²) in [5, 5.41) is 9.48. The van der Waals surface area contributed by atoms with Crippen LogP contribution in [0.1, 0.15) is 36.5 Å². The Kier molecular flexibility index (Phi) is 5.46. The summed E-state index contributed by atoms with van der Waals surface area (Å²) in [7, 11) is 1.12. The van der Waals surface area contributed by atoms with Crippen molar-refractivity contribution >= 4 is 5.97 Å². The number of nitrogens with one attached hydrogen (secondary N) is 1. The molecule has 0 atom stereocenters. The second-order valence-electron chi connectivity index (χ2n) is 3.38. The van der Waals surface area contributed by atoms with E-state index in [1.165, 1.54) is 0 Å². The molecular weight excluding hydrogens is 256 g/mol. The van der Waals surface area contributed by atoms with Gasteiger partial charge in [-0.3, -0.25) is 4.79 Å².